The minimum Gasteiger partial charge on any atom is -0.481 e. The molecule has 0 saturated heterocycles. The maximum Gasteiger partial charge on any atom is 0.303 e. The number of benzene rings is 1. The van der Waals surface area contributed by atoms with E-state index in [9.17, 15) is 13.2 Å². The first-order chi connectivity index (χ1) is 7.89. The van der Waals surface area contributed by atoms with Crippen molar-refractivity contribution in [3.05, 3.63) is 29.8 Å². The Morgan fingerprint density at radius 1 is 1.41 bits per heavy atom. The monoisotopic (exact) mass is 257 g/mol. The zero-order valence-electron chi connectivity index (χ0n) is 9.51. The molecule has 0 saturated carbocycles. The molecular formula is C11H15NO4S. The van der Waals surface area contributed by atoms with Gasteiger partial charge in [0.15, 0.2) is 0 Å². The van der Waals surface area contributed by atoms with Crippen LogP contribution in [0, 0.1) is 6.92 Å². The molecule has 0 aromatic heterocycles. The second-order valence-electron chi connectivity index (χ2n) is 3.79. The predicted octanol–water partition coefficient (Wildman–Crippen LogP) is 1.60. The molecule has 0 aliphatic carbocycles. The van der Waals surface area contributed by atoms with E-state index in [1.807, 2.05) is 13.0 Å². The van der Waals surface area contributed by atoms with Gasteiger partial charge in [-0.15, -0.1) is 0 Å². The topological polar surface area (TPSA) is 83.5 Å². The van der Waals surface area contributed by atoms with E-state index in [2.05, 4.69) is 4.72 Å². The van der Waals surface area contributed by atoms with Gasteiger partial charge in [0.1, 0.15) is 0 Å². The van der Waals surface area contributed by atoms with E-state index in [1.54, 1.807) is 18.2 Å². The highest BCUT2D eigenvalue weighted by molar-refractivity contribution is 7.92. The van der Waals surface area contributed by atoms with E-state index in [0.717, 1.165) is 5.56 Å². The lowest BCUT2D eigenvalue weighted by Crippen LogP contribution is -2.17. The van der Waals surface area contributed by atoms with Crippen molar-refractivity contribution in [1.82, 2.24) is 0 Å². The summed E-state index contributed by atoms with van der Waals surface area (Å²) in [5.41, 5.74) is 1.45. The molecule has 1 aromatic carbocycles. The minimum atomic E-state index is -3.46. The van der Waals surface area contributed by atoms with Crippen molar-refractivity contribution in [1.29, 1.82) is 0 Å². The summed E-state index contributed by atoms with van der Waals surface area (Å²) in [6, 6.07) is 6.99. The summed E-state index contributed by atoms with van der Waals surface area (Å²) in [5.74, 6) is -1.18. The maximum absolute atomic E-state index is 11.6. The van der Waals surface area contributed by atoms with Crippen molar-refractivity contribution >= 4 is 21.7 Å². The van der Waals surface area contributed by atoms with Gasteiger partial charge in [0.25, 0.3) is 0 Å². The van der Waals surface area contributed by atoms with Crippen LogP contribution >= 0.6 is 0 Å². The smallest absolute Gasteiger partial charge is 0.303 e. The largest absolute Gasteiger partial charge is 0.481 e. The second kappa shape index (κ2) is 5.67. The molecule has 0 bridgehead atoms. The summed E-state index contributed by atoms with van der Waals surface area (Å²) in [7, 11) is -3.46. The van der Waals surface area contributed by atoms with Gasteiger partial charge in [-0.25, -0.2) is 8.42 Å². The van der Waals surface area contributed by atoms with Crippen molar-refractivity contribution in [2.75, 3.05) is 10.5 Å². The summed E-state index contributed by atoms with van der Waals surface area (Å²) in [5, 5.41) is 8.42. The molecule has 94 valence electrons. The predicted molar refractivity (Wildman–Crippen MR) is 65.5 cm³/mol. The van der Waals surface area contributed by atoms with Crippen LogP contribution in [0.5, 0.6) is 0 Å². The zero-order valence-corrected chi connectivity index (χ0v) is 10.3. The van der Waals surface area contributed by atoms with Crippen LogP contribution in [0.3, 0.4) is 0 Å². The third kappa shape index (κ3) is 5.35. The second-order valence-corrected chi connectivity index (χ2v) is 5.63. The van der Waals surface area contributed by atoms with Crippen LogP contribution in [0.2, 0.25) is 0 Å². The summed E-state index contributed by atoms with van der Waals surface area (Å²) < 4.78 is 25.6. The number of carbonyl (C=O) groups is 1. The molecule has 1 rings (SSSR count). The van der Waals surface area contributed by atoms with Gasteiger partial charge in [-0.05, 0) is 31.0 Å². The lowest BCUT2D eigenvalue weighted by molar-refractivity contribution is -0.137. The number of hydrogen-bond acceptors (Lipinski definition) is 3. The molecule has 0 aliphatic heterocycles. The Morgan fingerprint density at radius 2 is 2.12 bits per heavy atom. The average molecular weight is 257 g/mol. The number of nitrogens with one attached hydrogen (secondary N) is 1. The fraction of sp³-hybridized carbons (Fsp3) is 0.364. The first kappa shape index (κ1) is 13.5. The van der Waals surface area contributed by atoms with E-state index < -0.39 is 16.0 Å². The van der Waals surface area contributed by atoms with E-state index in [1.165, 1.54) is 0 Å². The van der Waals surface area contributed by atoms with Crippen molar-refractivity contribution in [3.8, 4) is 0 Å². The molecule has 0 spiro atoms. The van der Waals surface area contributed by atoms with Crippen LogP contribution < -0.4 is 4.72 Å². The van der Waals surface area contributed by atoms with Gasteiger partial charge in [-0.2, -0.15) is 0 Å². The lowest BCUT2D eigenvalue weighted by atomic mass is 10.2. The van der Waals surface area contributed by atoms with Crippen LogP contribution in [0.25, 0.3) is 0 Å². The number of rotatable bonds is 6. The number of carboxylic acid groups (broad SMARTS) is 1. The van der Waals surface area contributed by atoms with Gasteiger partial charge in [-0.1, -0.05) is 12.1 Å². The van der Waals surface area contributed by atoms with Gasteiger partial charge in [0.2, 0.25) is 10.0 Å². The van der Waals surface area contributed by atoms with Crippen molar-refractivity contribution in [2.45, 2.75) is 19.8 Å². The standard InChI is InChI=1S/C11H15NO4S/c1-9-4-2-5-10(8-9)12-17(15,16)7-3-6-11(13)14/h2,4-5,8,12H,3,6-7H2,1H3,(H,13,14). The third-order valence-electron chi connectivity index (χ3n) is 2.10. The normalized spacial score (nSPS) is 11.1. The third-order valence-corrected chi connectivity index (χ3v) is 3.47. The fourth-order valence-electron chi connectivity index (χ4n) is 1.35. The molecular weight excluding hydrogens is 242 g/mol. The van der Waals surface area contributed by atoms with Gasteiger partial charge in [0, 0.05) is 12.1 Å². The first-order valence-corrected chi connectivity index (χ1v) is 6.83. The van der Waals surface area contributed by atoms with Crippen LogP contribution in [0.4, 0.5) is 5.69 Å². The van der Waals surface area contributed by atoms with Gasteiger partial charge >= 0.3 is 5.97 Å². The highest BCUT2D eigenvalue weighted by Gasteiger charge is 2.11. The summed E-state index contributed by atoms with van der Waals surface area (Å²) >= 11 is 0. The van der Waals surface area contributed by atoms with Gasteiger partial charge < -0.3 is 5.11 Å². The van der Waals surface area contributed by atoms with Crippen LogP contribution in [0.1, 0.15) is 18.4 Å². The van der Waals surface area contributed by atoms with Gasteiger partial charge in [0.05, 0.1) is 5.75 Å². The van der Waals surface area contributed by atoms with E-state index in [0.29, 0.717) is 5.69 Å². The number of sulfonamides is 1. The number of hydrogen-bond donors (Lipinski definition) is 2. The maximum atomic E-state index is 11.6. The Bertz CT molecular complexity index is 496. The molecule has 6 heteroatoms. The molecule has 0 heterocycles. The summed E-state index contributed by atoms with van der Waals surface area (Å²) in [4.78, 5) is 10.3. The molecule has 0 atom stereocenters. The molecule has 0 amide bonds. The van der Waals surface area contributed by atoms with E-state index >= 15 is 0 Å². The van der Waals surface area contributed by atoms with Crippen LogP contribution in [-0.2, 0) is 14.8 Å². The summed E-state index contributed by atoms with van der Waals surface area (Å²) in [6.45, 7) is 1.86. The van der Waals surface area contributed by atoms with Crippen LogP contribution in [-0.4, -0.2) is 25.2 Å². The lowest BCUT2D eigenvalue weighted by Gasteiger charge is -2.07. The highest BCUT2D eigenvalue weighted by atomic mass is 32.2. The minimum absolute atomic E-state index is 0.108. The number of carboxylic acids is 1. The Morgan fingerprint density at radius 3 is 2.71 bits per heavy atom. The fourth-order valence-corrected chi connectivity index (χ4v) is 2.47. The first-order valence-electron chi connectivity index (χ1n) is 5.18. The van der Waals surface area contributed by atoms with Gasteiger partial charge in [-0.3, -0.25) is 9.52 Å². The van der Waals surface area contributed by atoms with E-state index in [-0.39, 0.29) is 18.6 Å². The Hall–Kier alpha value is -1.56. The highest BCUT2D eigenvalue weighted by Crippen LogP contribution is 2.12. The van der Waals surface area contributed by atoms with E-state index in [4.69, 9.17) is 5.11 Å². The number of aliphatic carboxylic acids is 1. The summed E-state index contributed by atoms with van der Waals surface area (Å²) in [6.07, 6.45) is -0.0365. The Kier molecular flexibility index (Phi) is 4.51. The SMILES string of the molecule is Cc1cccc(NS(=O)(=O)CCCC(=O)O)c1. The molecule has 5 nitrogen and oxygen atoms in total. The van der Waals surface area contributed by atoms with Crippen molar-refractivity contribution in [3.63, 3.8) is 0 Å². The molecule has 2 N–H and O–H groups in total. The molecule has 0 aliphatic rings. The average Bonchev–Trinajstić information content (AvgIpc) is 2.15. The Labute approximate surface area is 101 Å². The number of anilines is 1. The molecule has 0 unspecified atom stereocenters. The van der Waals surface area contributed by atoms with Crippen LogP contribution in [0.15, 0.2) is 24.3 Å². The molecule has 0 radical (unpaired) electrons. The molecule has 0 fully saturated rings. The zero-order chi connectivity index (χ0) is 12.9. The quantitative estimate of drug-likeness (QED) is 0.810. The Balaban J connectivity index is 2.57. The molecule has 1 aromatic rings. The van der Waals surface area contributed by atoms with Crippen molar-refractivity contribution in [2.24, 2.45) is 0 Å². The molecule has 17 heavy (non-hydrogen) atoms. The van der Waals surface area contributed by atoms with Crippen molar-refractivity contribution < 1.29 is 18.3 Å². The number of aryl methyl sites for hydroxylation is 1.